The number of aryl methyl sites for hydroxylation is 2. The Hall–Kier alpha value is -6.38. The van der Waals surface area contributed by atoms with E-state index in [2.05, 4.69) is 205 Å². The normalized spacial score (nSPS) is 16.1. The summed E-state index contributed by atoms with van der Waals surface area (Å²) in [5.41, 5.74) is 17.5. The first-order chi connectivity index (χ1) is 25.6. The van der Waals surface area contributed by atoms with Crippen LogP contribution in [0.25, 0.3) is 60.9 Å². The predicted octanol–water partition coefficient (Wildman–Crippen LogP) is 13.1. The Morgan fingerprint density at radius 2 is 1.00 bits per heavy atom. The number of benzene rings is 7. The summed E-state index contributed by atoms with van der Waals surface area (Å²) in [6.45, 7) is 4.30. The average Bonchev–Trinajstić information content (AvgIpc) is 3.70. The highest BCUT2D eigenvalue weighted by Gasteiger charge is 2.37. The van der Waals surface area contributed by atoms with Crippen LogP contribution < -0.4 is 4.90 Å². The minimum Gasteiger partial charge on any atom is -0.333 e. The van der Waals surface area contributed by atoms with Crippen molar-refractivity contribution in [1.29, 1.82) is 0 Å². The molecule has 0 N–H and O–H groups in total. The molecule has 0 spiro atoms. The fourth-order valence-electron chi connectivity index (χ4n) is 8.52. The summed E-state index contributed by atoms with van der Waals surface area (Å²) in [4.78, 5) is 2.52. The van der Waals surface area contributed by atoms with Crippen molar-refractivity contribution in [2.45, 2.75) is 25.8 Å². The van der Waals surface area contributed by atoms with Gasteiger partial charge in [-0.1, -0.05) is 139 Å². The van der Waals surface area contributed by atoms with E-state index >= 15 is 0 Å². The van der Waals surface area contributed by atoms with Gasteiger partial charge in [0.1, 0.15) is 0 Å². The Balaban J connectivity index is 1.03. The molecule has 248 valence electrons. The minimum atomic E-state index is 0.248. The number of fused-ring (bicyclic) bond motifs is 6. The molecule has 0 saturated heterocycles. The third-order valence-corrected chi connectivity index (χ3v) is 11.0. The molecule has 0 amide bonds. The standard InChI is InChI=1S/C50H38N2/c1-33-9-7-11-37(29-33)35-17-23-41(24-18-35)51-47-15-5-3-13-43(47)45-31-39(21-27-49(45)51)40-22-28-50-46(32-40)44-14-4-6-16-48(44)52(50)42-25-19-36(20-26-42)38-12-8-10-34(2)30-38/h3-32,43,47H,1-2H3. The number of hydrogen-bond acceptors (Lipinski definition) is 1. The molecule has 0 bridgehead atoms. The monoisotopic (exact) mass is 666 g/mol. The first kappa shape index (κ1) is 30.4. The lowest BCUT2D eigenvalue weighted by molar-refractivity contribution is 0.745. The number of hydrogen-bond donors (Lipinski definition) is 0. The van der Waals surface area contributed by atoms with E-state index in [1.54, 1.807) is 0 Å². The smallest absolute Gasteiger partial charge is 0.0629 e. The SMILES string of the molecule is Cc1cccc(-c2ccc(N3c4ccc(-c5ccc6c(c5)c5ccccc5n6-c5ccc(-c6cccc(C)c6)cc5)cc4C4C=CC=CC43)cc2)c1. The number of allylic oxidation sites excluding steroid dienone is 2. The molecular weight excluding hydrogens is 629 g/mol. The lowest BCUT2D eigenvalue weighted by Crippen LogP contribution is -2.28. The van der Waals surface area contributed by atoms with Gasteiger partial charge in [-0.2, -0.15) is 0 Å². The molecule has 1 aliphatic carbocycles. The van der Waals surface area contributed by atoms with Gasteiger partial charge in [0, 0.05) is 33.8 Å². The summed E-state index contributed by atoms with van der Waals surface area (Å²) in [5.74, 6) is 0.296. The van der Waals surface area contributed by atoms with Crippen LogP contribution in [0.4, 0.5) is 11.4 Å². The van der Waals surface area contributed by atoms with Crippen LogP contribution in [0.15, 0.2) is 182 Å². The first-order valence-corrected chi connectivity index (χ1v) is 18.3. The van der Waals surface area contributed by atoms with Gasteiger partial charge in [-0.3, -0.25) is 0 Å². The molecule has 2 unspecified atom stereocenters. The highest BCUT2D eigenvalue weighted by molar-refractivity contribution is 6.10. The zero-order valence-corrected chi connectivity index (χ0v) is 29.4. The third-order valence-electron chi connectivity index (χ3n) is 11.0. The third kappa shape index (κ3) is 5.02. The topological polar surface area (TPSA) is 8.17 Å². The van der Waals surface area contributed by atoms with E-state index in [1.807, 2.05) is 0 Å². The van der Waals surface area contributed by atoms with E-state index in [0.717, 1.165) is 0 Å². The molecule has 52 heavy (non-hydrogen) atoms. The van der Waals surface area contributed by atoms with Gasteiger partial charge in [0.25, 0.3) is 0 Å². The van der Waals surface area contributed by atoms with Crippen molar-refractivity contribution in [3.8, 4) is 39.1 Å². The first-order valence-electron chi connectivity index (χ1n) is 18.3. The fraction of sp³-hybridized carbons (Fsp3) is 0.0800. The van der Waals surface area contributed by atoms with Gasteiger partial charge in [-0.25, -0.2) is 0 Å². The number of para-hydroxylation sites is 1. The zero-order valence-electron chi connectivity index (χ0n) is 29.4. The van der Waals surface area contributed by atoms with E-state index in [9.17, 15) is 0 Å². The van der Waals surface area contributed by atoms with Crippen LogP contribution in [-0.4, -0.2) is 10.6 Å². The molecule has 0 saturated carbocycles. The maximum Gasteiger partial charge on any atom is 0.0629 e. The van der Waals surface area contributed by atoms with Gasteiger partial charge in [-0.15, -0.1) is 0 Å². The van der Waals surface area contributed by atoms with Crippen molar-refractivity contribution in [3.63, 3.8) is 0 Å². The molecule has 2 heteroatoms. The van der Waals surface area contributed by atoms with Crippen molar-refractivity contribution in [1.82, 2.24) is 4.57 Å². The van der Waals surface area contributed by atoms with Crippen molar-refractivity contribution in [3.05, 3.63) is 199 Å². The van der Waals surface area contributed by atoms with Gasteiger partial charge in [0.2, 0.25) is 0 Å². The quantitative estimate of drug-likeness (QED) is 0.177. The molecule has 0 radical (unpaired) electrons. The van der Waals surface area contributed by atoms with E-state index in [4.69, 9.17) is 0 Å². The minimum absolute atomic E-state index is 0.248. The summed E-state index contributed by atoms with van der Waals surface area (Å²) in [5, 5.41) is 2.54. The maximum atomic E-state index is 2.52. The maximum absolute atomic E-state index is 2.52. The molecule has 0 fully saturated rings. The van der Waals surface area contributed by atoms with Crippen LogP contribution in [0.5, 0.6) is 0 Å². The predicted molar refractivity (Wildman–Crippen MR) is 220 cm³/mol. The Morgan fingerprint density at radius 1 is 0.423 bits per heavy atom. The Bertz CT molecular complexity index is 2710. The van der Waals surface area contributed by atoms with Crippen molar-refractivity contribution >= 4 is 33.2 Å². The molecule has 10 rings (SSSR count). The molecule has 1 aliphatic heterocycles. The van der Waals surface area contributed by atoms with E-state index in [-0.39, 0.29) is 6.04 Å². The van der Waals surface area contributed by atoms with Crippen LogP contribution in [0.3, 0.4) is 0 Å². The van der Waals surface area contributed by atoms with E-state index in [1.165, 1.54) is 88.9 Å². The van der Waals surface area contributed by atoms with E-state index in [0.29, 0.717) is 5.92 Å². The average molecular weight is 667 g/mol. The van der Waals surface area contributed by atoms with Gasteiger partial charge >= 0.3 is 0 Å². The molecule has 7 aromatic carbocycles. The Kier molecular flexibility index (Phi) is 7.11. The molecular formula is C50H38N2. The second kappa shape index (κ2) is 12.1. The van der Waals surface area contributed by atoms with Gasteiger partial charge < -0.3 is 9.47 Å². The number of nitrogens with zero attached hydrogens (tertiary/aromatic N) is 2. The lowest BCUT2D eigenvalue weighted by Gasteiger charge is -2.28. The van der Waals surface area contributed by atoms with E-state index < -0.39 is 0 Å². The van der Waals surface area contributed by atoms with Crippen LogP contribution in [0.1, 0.15) is 22.6 Å². The van der Waals surface area contributed by atoms with Crippen molar-refractivity contribution in [2.24, 2.45) is 0 Å². The lowest BCUT2D eigenvalue weighted by atomic mass is 9.89. The van der Waals surface area contributed by atoms with Crippen LogP contribution in [0.2, 0.25) is 0 Å². The van der Waals surface area contributed by atoms with Gasteiger partial charge in [0.05, 0.1) is 17.1 Å². The number of rotatable bonds is 5. The fourth-order valence-corrected chi connectivity index (χ4v) is 8.52. The number of anilines is 2. The zero-order chi connectivity index (χ0) is 34.8. The summed E-state index contributed by atoms with van der Waals surface area (Å²) in [6.07, 6.45) is 9.13. The summed E-state index contributed by atoms with van der Waals surface area (Å²) in [6, 6.07) is 58.6. The molecule has 2 atom stereocenters. The molecule has 2 heterocycles. The number of aromatic nitrogens is 1. The van der Waals surface area contributed by atoms with Crippen LogP contribution in [-0.2, 0) is 0 Å². The molecule has 8 aromatic rings. The van der Waals surface area contributed by atoms with Gasteiger partial charge in [0.15, 0.2) is 0 Å². The molecule has 2 aliphatic rings. The summed E-state index contributed by atoms with van der Waals surface area (Å²) >= 11 is 0. The largest absolute Gasteiger partial charge is 0.333 e. The second-order valence-corrected chi connectivity index (χ2v) is 14.3. The Morgan fingerprint density at radius 3 is 1.71 bits per heavy atom. The highest BCUT2D eigenvalue weighted by atomic mass is 15.2. The van der Waals surface area contributed by atoms with Crippen LogP contribution >= 0.6 is 0 Å². The molecule has 1 aromatic heterocycles. The van der Waals surface area contributed by atoms with Crippen LogP contribution in [0, 0.1) is 13.8 Å². The molecule has 2 nitrogen and oxygen atoms in total. The highest BCUT2D eigenvalue weighted by Crippen LogP contribution is 2.49. The second-order valence-electron chi connectivity index (χ2n) is 14.3. The Labute approximate surface area is 305 Å². The summed E-state index contributed by atoms with van der Waals surface area (Å²) in [7, 11) is 0. The van der Waals surface area contributed by atoms with Crippen molar-refractivity contribution in [2.75, 3.05) is 4.90 Å². The van der Waals surface area contributed by atoms with Gasteiger partial charge in [-0.05, 0) is 107 Å². The van der Waals surface area contributed by atoms with Crippen molar-refractivity contribution < 1.29 is 0 Å². The summed E-state index contributed by atoms with van der Waals surface area (Å²) < 4.78 is 2.41.